The van der Waals surface area contributed by atoms with Crippen LogP contribution >= 0.6 is 11.6 Å². The van der Waals surface area contributed by atoms with Crippen molar-refractivity contribution in [3.8, 4) is 0 Å². The molecule has 0 radical (unpaired) electrons. The molecule has 0 amide bonds. The van der Waals surface area contributed by atoms with Gasteiger partial charge in [-0.15, -0.1) is 0 Å². The van der Waals surface area contributed by atoms with Crippen LogP contribution in [-0.4, -0.2) is 17.8 Å². The van der Waals surface area contributed by atoms with E-state index in [4.69, 9.17) is 11.6 Å². The molecule has 2 N–H and O–H groups in total. The van der Waals surface area contributed by atoms with Crippen LogP contribution in [0.25, 0.3) is 0 Å². The monoisotopic (exact) mass is 259 g/mol. The smallest absolute Gasteiger partial charge is 0.124 e. The summed E-state index contributed by atoms with van der Waals surface area (Å²) < 4.78 is 12.8. The molecule has 0 aliphatic rings. The van der Waals surface area contributed by atoms with Crippen LogP contribution < -0.4 is 5.32 Å². The van der Waals surface area contributed by atoms with E-state index in [-0.39, 0.29) is 17.8 Å². The van der Waals surface area contributed by atoms with Crippen molar-refractivity contribution in [2.45, 2.75) is 32.9 Å². The van der Waals surface area contributed by atoms with Gasteiger partial charge in [-0.2, -0.15) is 0 Å². The molecule has 0 aliphatic heterocycles. The minimum absolute atomic E-state index is 0.270. The molecule has 1 aromatic rings. The summed E-state index contributed by atoms with van der Waals surface area (Å²) in [4.78, 5) is 0. The molecule has 0 heterocycles. The minimum Gasteiger partial charge on any atom is -0.393 e. The molecule has 96 valence electrons. The maximum Gasteiger partial charge on any atom is 0.124 e. The zero-order valence-corrected chi connectivity index (χ0v) is 11.0. The number of hydrogen-bond acceptors (Lipinski definition) is 2. The van der Waals surface area contributed by atoms with E-state index in [1.807, 2.05) is 13.8 Å². The molecule has 1 unspecified atom stereocenters. The van der Waals surface area contributed by atoms with Gasteiger partial charge in [0.25, 0.3) is 0 Å². The molecule has 0 aliphatic carbocycles. The number of rotatable bonds is 6. The largest absolute Gasteiger partial charge is 0.393 e. The van der Waals surface area contributed by atoms with Crippen LogP contribution in [0.1, 0.15) is 25.8 Å². The Bertz CT molecular complexity index is 357. The van der Waals surface area contributed by atoms with Crippen LogP contribution in [0, 0.1) is 11.7 Å². The highest BCUT2D eigenvalue weighted by Gasteiger charge is 2.08. The van der Waals surface area contributed by atoms with E-state index < -0.39 is 0 Å². The van der Waals surface area contributed by atoms with Crippen LogP contribution in [0.4, 0.5) is 4.39 Å². The SMILES string of the molecule is CC(C)C(O)CCNCc1ccc(F)cc1Cl. The molecule has 17 heavy (non-hydrogen) atoms. The molecule has 2 nitrogen and oxygen atoms in total. The molecular weight excluding hydrogens is 241 g/mol. The maximum atomic E-state index is 12.8. The van der Waals surface area contributed by atoms with Gasteiger partial charge < -0.3 is 10.4 Å². The molecule has 1 aromatic carbocycles. The summed E-state index contributed by atoms with van der Waals surface area (Å²) in [6.45, 7) is 5.28. The van der Waals surface area contributed by atoms with E-state index >= 15 is 0 Å². The van der Waals surface area contributed by atoms with Crippen molar-refractivity contribution in [2.75, 3.05) is 6.54 Å². The predicted molar refractivity (Wildman–Crippen MR) is 68.6 cm³/mol. The van der Waals surface area contributed by atoms with Crippen LogP contribution in [-0.2, 0) is 6.54 Å². The van der Waals surface area contributed by atoms with Crippen molar-refractivity contribution in [1.29, 1.82) is 0 Å². The van der Waals surface area contributed by atoms with E-state index in [2.05, 4.69) is 5.32 Å². The predicted octanol–water partition coefficient (Wildman–Crippen LogP) is 2.98. The van der Waals surface area contributed by atoms with Crippen LogP contribution in [0.15, 0.2) is 18.2 Å². The molecule has 0 aromatic heterocycles. The van der Waals surface area contributed by atoms with Gasteiger partial charge in [-0.1, -0.05) is 31.5 Å². The van der Waals surface area contributed by atoms with E-state index in [0.717, 1.165) is 5.56 Å². The fourth-order valence-electron chi connectivity index (χ4n) is 1.47. The van der Waals surface area contributed by atoms with Gasteiger partial charge in [0.1, 0.15) is 5.82 Å². The molecule has 0 spiro atoms. The molecule has 0 saturated carbocycles. The van der Waals surface area contributed by atoms with Gasteiger partial charge in [0.05, 0.1) is 6.10 Å². The van der Waals surface area contributed by atoms with Crippen molar-refractivity contribution in [1.82, 2.24) is 5.32 Å². The topological polar surface area (TPSA) is 32.3 Å². The number of aliphatic hydroxyl groups is 1. The van der Waals surface area contributed by atoms with Gasteiger partial charge in [-0.05, 0) is 36.6 Å². The number of benzene rings is 1. The molecule has 4 heteroatoms. The summed E-state index contributed by atoms with van der Waals surface area (Å²) in [6.07, 6.45) is 0.419. The Labute approximate surface area is 107 Å². The summed E-state index contributed by atoms with van der Waals surface area (Å²) >= 11 is 5.89. The zero-order valence-electron chi connectivity index (χ0n) is 10.2. The van der Waals surface area contributed by atoms with Crippen LogP contribution in [0.5, 0.6) is 0 Å². The standard InChI is InChI=1S/C13H19ClFNO/c1-9(2)13(17)5-6-16-8-10-3-4-11(15)7-12(10)14/h3-4,7,9,13,16-17H,5-6,8H2,1-2H3. The fourth-order valence-corrected chi connectivity index (χ4v) is 1.71. The van der Waals surface area contributed by atoms with Gasteiger partial charge in [0.15, 0.2) is 0 Å². The van der Waals surface area contributed by atoms with Gasteiger partial charge in [0.2, 0.25) is 0 Å². The van der Waals surface area contributed by atoms with Gasteiger partial charge in [-0.3, -0.25) is 0 Å². The Hall–Kier alpha value is -0.640. The highest BCUT2D eigenvalue weighted by Crippen LogP contribution is 2.16. The fraction of sp³-hybridized carbons (Fsp3) is 0.538. The average Bonchev–Trinajstić information content (AvgIpc) is 2.26. The van der Waals surface area contributed by atoms with Gasteiger partial charge in [0, 0.05) is 11.6 Å². The van der Waals surface area contributed by atoms with E-state index in [1.54, 1.807) is 6.07 Å². The summed E-state index contributed by atoms with van der Waals surface area (Å²) in [7, 11) is 0. The third-order valence-corrected chi connectivity index (χ3v) is 3.07. The Balaban J connectivity index is 2.31. The lowest BCUT2D eigenvalue weighted by atomic mass is 10.0. The lowest BCUT2D eigenvalue weighted by molar-refractivity contribution is 0.116. The quantitative estimate of drug-likeness (QED) is 0.770. The molecule has 0 bridgehead atoms. The number of halogens is 2. The first kappa shape index (κ1) is 14.4. The number of hydrogen-bond donors (Lipinski definition) is 2. The highest BCUT2D eigenvalue weighted by atomic mass is 35.5. The van der Waals surface area contributed by atoms with Gasteiger partial charge >= 0.3 is 0 Å². The second kappa shape index (κ2) is 6.94. The third kappa shape index (κ3) is 5.02. The Kier molecular flexibility index (Phi) is 5.89. The minimum atomic E-state index is -0.325. The van der Waals surface area contributed by atoms with Crippen LogP contribution in [0.2, 0.25) is 5.02 Å². The van der Waals surface area contributed by atoms with Gasteiger partial charge in [-0.25, -0.2) is 4.39 Å². The molecule has 1 atom stereocenters. The van der Waals surface area contributed by atoms with E-state index in [1.165, 1.54) is 12.1 Å². The maximum absolute atomic E-state index is 12.8. The van der Waals surface area contributed by atoms with Crippen LogP contribution in [0.3, 0.4) is 0 Å². The number of aliphatic hydroxyl groups excluding tert-OH is 1. The van der Waals surface area contributed by atoms with E-state index in [9.17, 15) is 9.50 Å². The first-order chi connectivity index (χ1) is 8.00. The number of nitrogens with one attached hydrogen (secondary N) is 1. The summed E-state index contributed by atoms with van der Waals surface area (Å²) in [5.41, 5.74) is 0.868. The lowest BCUT2D eigenvalue weighted by Crippen LogP contribution is -2.23. The normalized spacial score (nSPS) is 13.1. The summed E-state index contributed by atoms with van der Waals surface area (Å²) in [5.74, 6) is -0.0554. The molecular formula is C13H19ClFNO. The Morgan fingerprint density at radius 2 is 2.12 bits per heavy atom. The summed E-state index contributed by atoms with van der Waals surface area (Å²) in [5, 5.41) is 13.2. The molecule has 0 fully saturated rings. The van der Waals surface area contributed by atoms with Crippen molar-refractivity contribution >= 4 is 11.6 Å². The van der Waals surface area contributed by atoms with Crippen molar-refractivity contribution < 1.29 is 9.50 Å². The Morgan fingerprint density at radius 1 is 1.41 bits per heavy atom. The lowest BCUT2D eigenvalue weighted by Gasteiger charge is -2.14. The second-order valence-electron chi connectivity index (χ2n) is 4.51. The summed E-state index contributed by atoms with van der Waals surface area (Å²) in [6, 6.07) is 4.37. The first-order valence-electron chi connectivity index (χ1n) is 5.83. The Morgan fingerprint density at radius 3 is 2.71 bits per heavy atom. The zero-order chi connectivity index (χ0) is 12.8. The third-order valence-electron chi connectivity index (χ3n) is 2.72. The van der Waals surface area contributed by atoms with Crippen molar-refractivity contribution in [3.63, 3.8) is 0 Å². The first-order valence-corrected chi connectivity index (χ1v) is 6.21. The van der Waals surface area contributed by atoms with Crippen molar-refractivity contribution in [2.24, 2.45) is 5.92 Å². The van der Waals surface area contributed by atoms with Crippen molar-refractivity contribution in [3.05, 3.63) is 34.6 Å². The second-order valence-corrected chi connectivity index (χ2v) is 4.92. The molecule has 1 rings (SSSR count). The average molecular weight is 260 g/mol. The highest BCUT2D eigenvalue weighted by molar-refractivity contribution is 6.31. The molecule has 0 saturated heterocycles. The van der Waals surface area contributed by atoms with E-state index in [0.29, 0.717) is 24.5 Å².